The van der Waals surface area contributed by atoms with Gasteiger partial charge >= 0.3 is 11.9 Å². The molecule has 0 bridgehead atoms. The lowest BCUT2D eigenvalue weighted by Gasteiger charge is -2.39. The minimum atomic E-state index is -1.60. The predicted octanol–water partition coefficient (Wildman–Crippen LogP) is 6.99. The van der Waals surface area contributed by atoms with E-state index in [9.17, 15) is 30.0 Å². The van der Waals surface area contributed by atoms with E-state index in [2.05, 4.69) is 38.2 Å². The average Bonchev–Trinajstić information content (AvgIpc) is 3.10. The fraction of sp³-hybridized carbons (Fsp3) is 0.846. The van der Waals surface area contributed by atoms with E-state index in [1.54, 1.807) is 0 Å². The molecule has 0 aromatic heterocycles. The molecule has 0 spiro atoms. The lowest BCUT2D eigenvalue weighted by molar-refractivity contribution is -0.305. The van der Waals surface area contributed by atoms with Crippen LogP contribution >= 0.6 is 0 Å². The number of carbonyl (C=O) groups excluding carboxylic acids is 2. The van der Waals surface area contributed by atoms with Gasteiger partial charge in [-0.15, -0.1) is 0 Å². The van der Waals surface area contributed by atoms with Crippen LogP contribution in [-0.4, -0.2) is 89.0 Å². The first-order chi connectivity index (χ1) is 23.8. The van der Waals surface area contributed by atoms with Gasteiger partial charge in [0.25, 0.3) is 0 Å². The Morgan fingerprint density at radius 1 is 0.633 bits per heavy atom. The normalized spacial score (nSPS) is 21.8. The minimum Gasteiger partial charge on any atom is -0.462 e. The van der Waals surface area contributed by atoms with Gasteiger partial charge in [-0.3, -0.25) is 9.59 Å². The average molecular weight is 699 g/mol. The first-order valence-corrected chi connectivity index (χ1v) is 19.4. The van der Waals surface area contributed by atoms with Crippen LogP contribution in [0.2, 0.25) is 0 Å². The molecule has 0 saturated carbocycles. The topological polar surface area (TPSA) is 152 Å². The van der Waals surface area contributed by atoms with Crippen molar-refractivity contribution < 1.29 is 49.0 Å². The van der Waals surface area contributed by atoms with Gasteiger partial charge in [0, 0.05) is 12.8 Å². The number of unbranched alkanes of at least 4 members (excludes halogenated alkanes) is 16. The Morgan fingerprint density at radius 3 is 1.76 bits per heavy atom. The molecule has 1 aliphatic heterocycles. The molecule has 1 fully saturated rings. The molecule has 1 saturated heterocycles. The third-order valence-electron chi connectivity index (χ3n) is 8.84. The number of esters is 2. The minimum absolute atomic E-state index is 0.168. The maximum absolute atomic E-state index is 12.6. The van der Waals surface area contributed by atoms with Gasteiger partial charge in [0.05, 0.1) is 13.2 Å². The third kappa shape index (κ3) is 23.3. The molecule has 4 N–H and O–H groups in total. The Balaban J connectivity index is 2.39. The molecule has 0 aromatic carbocycles. The highest BCUT2D eigenvalue weighted by Gasteiger charge is 2.44. The lowest BCUT2D eigenvalue weighted by Crippen LogP contribution is -2.59. The van der Waals surface area contributed by atoms with Gasteiger partial charge in [-0.2, -0.15) is 0 Å². The maximum atomic E-state index is 12.6. The zero-order valence-electron chi connectivity index (χ0n) is 30.7. The number of hydrogen-bond acceptors (Lipinski definition) is 10. The van der Waals surface area contributed by atoms with Gasteiger partial charge in [-0.05, 0) is 38.5 Å². The first kappa shape index (κ1) is 45.2. The van der Waals surface area contributed by atoms with Crippen LogP contribution in [0.15, 0.2) is 24.3 Å². The second-order valence-electron chi connectivity index (χ2n) is 13.4. The highest BCUT2D eigenvalue weighted by Crippen LogP contribution is 2.22. The number of aliphatic hydroxyl groups is 4. The molecule has 1 rings (SSSR count). The number of carbonyl (C=O) groups is 2. The summed E-state index contributed by atoms with van der Waals surface area (Å²) in [5.74, 6) is -0.866. The molecule has 6 atom stereocenters. The summed E-state index contributed by atoms with van der Waals surface area (Å²) in [5.41, 5.74) is 0. The van der Waals surface area contributed by atoms with Crippen LogP contribution in [0.3, 0.4) is 0 Å². The molecule has 10 nitrogen and oxygen atoms in total. The molecule has 1 heterocycles. The van der Waals surface area contributed by atoms with Crippen molar-refractivity contribution in [2.45, 2.75) is 192 Å². The van der Waals surface area contributed by atoms with Crippen LogP contribution in [0.4, 0.5) is 0 Å². The van der Waals surface area contributed by atoms with Crippen molar-refractivity contribution in [2.75, 3.05) is 19.8 Å². The summed E-state index contributed by atoms with van der Waals surface area (Å²) in [6.45, 7) is 3.31. The van der Waals surface area contributed by atoms with Crippen LogP contribution in [0.5, 0.6) is 0 Å². The van der Waals surface area contributed by atoms with Crippen molar-refractivity contribution in [3.8, 4) is 0 Å². The monoisotopic (exact) mass is 698 g/mol. The van der Waals surface area contributed by atoms with Crippen LogP contribution in [0, 0.1) is 0 Å². The van der Waals surface area contributed by atoms with Crippen molar-refractivity contribution in [3.05, 3.63) is 24.3 Å². The molecular formula is C39H70O10. The van der Waals surface area contributed by atoms with E-state index in [4.69, 9.17) is 18.9 Å². The summed E-state index contributed by atoms with van der Waals surface area (Å²) in [4.78, 5) is 25.0. The van der Waals surface area contributed by atoms with Crippen molar-refractivity contribution in [2.24, 2.45) is 0 Å². The Kier molecular flexibility index (Phi) is 28.6. The molecule has 0 amide bonds. The Labute approximate surface area is 296 Å². The van der Waals surface area contributed by atoms with Crippen molar-refractivity contribution >= 4 is 11.9 Å². The zero-order chi connectivity index (χ0) is 36.0. The largest absolute Gasteiger partial charge is 0.462 e. The van der Waals surface area contributed by atoms with Gasteiger partial charge < -0.3 is 39.4 Å². The van der Waals surface area contributed by atoms with Crippen molar-refractivity contribution in [1.29, 1.82) is 0 Å². The molecular weight excluding hydrogens is 628 g/mol. The van der Waals surface area contributed by atoms with Crippen LogP contribution in [0.1, 0.15) is 155 Å². The van der Waals surface area contributed by atoms with E-state index in [0.717, 1.165) is 44.9 Å². The van der Waals surface area contributed by atoms with E-state index in [0.29, 0.717) is 6.42 Å². The van der Waals surface area contributed by atoms with E-state index < -0.39 is 55.4 Å². The smallest absolute Gasteiger partial charge is 0.306 e. The van der Waals surface area contributed by atoms with E-state index in [1.807, 2.05) is 0 Å². The van der Waals surface area contributed by atoms with E-state index in [1.165, 1.54) is 77.0 Å². The number of aliphatic hydroxyl groups excluding tert-OH is 4. The summed E-state index contributed by atoms with van der Waals surface area (Å²) < 4.78 is 21.9. The van der Waals surface area contributed by atoms with Gasteiger partial charge in [0.15, 0.2) is 12.4 Å². The van der Waals surface area contributed by atoms with Crippen LogP contribution < -0.4 is 0 Å². The summed E-state index contributed by atoms with van der Waals surface area (Å²) in [6.07, 6.45) is 23.6. The number of hydrogen-bond donors (Lipinski definition) is 4. The zero-order valence-corrected chi connectivity index (χ0v) is 30.7. The summed E-state index contributed by atoms with van der Waals surface area (Å²) in [6, 6.07) is 0. The van der Waals surface area contributed by atoms with Crippen molar-refractivity contribution in [1.82, 2.24) is 0 Å². The van der Waals surface area contributed by atoms with Gasteiger partial charge in [0.1, 0.15) is 31.0 Å². The standard InChI is InChI=1S/C39H70O10/c1-3-5-7-9-11-12-13-14-15-16-17-18-19-20-22-24-26-28-35(42)48-32(30-46-34(41)27-25-23-21-10-8-6-4-2)31-47-39-38(45)37(44)36(43)33(29-40)49-39/h17-18,20,22,32-33,36-40,43-45H,3-16,19,21,23-31H2,1-2H3/b18-17+,22-20+/t32-,33+,36-,37?,38?,39+/m1/s1. The molecule has 0 aromatic rings. The maximum Gasteiger partial charge on any atom is 0.306 e. The highest BCUT2D eigenvalue weighted by atomic mass is 16.7. The van der Waals surface area contributed by atoms with Crippen LogP contribution in [0.25, 0.3) is 0 Å². The highest BCUT2D eigenvalue weighted by molar-refractivity contribution is 5.70. The molecule has 10 heteroatoms. The Bertz CT molecular complexity index is 861. The molecule has 0 radical (unpaired) electrons. The first-order valence-electron chi connectivity index (χ1n) is 19.4. The Morgan fingerprint density at radius 2 is 1.16 bits per heavy atom. The van der Waals surface area contributed by atoms with E-state index >= 15 is 0 Å². The quantitative estimate of drug-likeness (QED) is 0.0339. The fourth-order valence-corrected chi connectivity index (χ4v) is 5.70. The van der Waals surface area contributed by atoms with Gasteiger partial charge in [-0.25, -0.2) is 0 Å². The van der Waals surface area contributed by atoms with Crippen molar-refractivity contribution in [3.63, 3.8) is 0 Å². The lowest BCUT2D eigenvalue weighted by atomic mass is 9.99. The third-order valence-corrected chi connectivity index (χ3v) is 8.84. The molecule has 2 unspecified atom stereocenters. The van der Waals surface area contributed by atoms with E-state index in [-0.39, 0.29) is 26.1 Å². The molecule has 49 heavy (non-hydrogen) atoms. The van der Waals surface area contributed by atoms with Gasteiger partial charge in [0.2, 0.25) is 0 Å². The number of rotatable bonds is 31. The van der Waals surface area contributed by atoms with Crippen LogP contribution in [-0.2, 0) is 28.5 Å². The fourth-order valence-electron chi connectivity index (χ4n) is 5.70. The summed E-state index contributed by atoms with van der Waals surface area (Å²) >= 11 is 0. The molecule has 286 valence electrons. The Hall–Kier alpha value is -1.82. The SMILES string of the molecule is CCCCCCCCCCC/C=C/C/C=C/CCCC(=O)O[C@H](COC(=O)CCCCCCCCC)CO[C@H]1O[C@@H](CO)[C@@H](O)C(O)C1O. The predicted molar refractivity (Wildman–Crippen MR) is 192 cm³/mol. The number of allylic oxidation sites excluding steroid dienone is 4. The number of ether oxygens (including phenoxy) is 4. The second kappa shape index (κ2) is 31.0. The van der Waals surface area contributed by atoms with Gasteiger partial charge in [-0.1, -0.05) is 128 Å². The second-order valence-corrected chi connectivity index (χ2v) is 13.4. The summed E-state index contributed by atoms with van der Waals surface area (Å²) in [7, 11) is 0. The molecule has 1 aliphatic rings. The molecule has 0 aliphatic carbocycles. The summed E-state index contributed by atoms with van der Waals surface area (Å²) in [5, 5.41) is 39.8.